The molecule has 0 saturated carbocycles. The summed E-state index contributed by atoms with van der Waals surface area (Å²) < 4.78 is 36.9. The van der Waals surface area contributed by atoms with E-state index in [2.05, 4.69) is 10.1 Å². The zero-order chi connectivity index (χ0) is 23.3. The summed E-state index contributed by atoms with van der Waals surface area (Å²) in [6.07, 6.45) is 0.168. The van der Waals surface area contributed by atoms with Gasteiger partial charge in [0.15, 0.2) is 5.78 Å². The van der Waals surface area contributed by atoms with Gasteiger partial charge in [-0.05, 0) is 56.2 Å². The maximum absolute atomic E-state index is 13.1. The van der Waals surface area contributed by atoms with E-state index in [1.807, 2.05) is 6.92 Å². The Morgan fingerprint density at radius 3 is 2.34 bits per heavy atom. The lowest BCUT2D eigenvalue weighted by atomic mass is 10.0. The summed E-state index contributed by atoms with van der Waals surface area (Å²) in [5.74, 6) is -0.774. The molecule has 1 aliphatic heterocycles. The largest absolute Gasteiger partial charge is 0.468 e. The number of carbonyl (C=O) groups excluding carboxylic acids is 3. The minimum absolute atomic E-state index is 0.157. The molecular formula is C22H24N2O7S. The molecule has 3 rings (SSSR count). The Balaban J connectivity index is 1.69. The fourth-order valence-electron chi connectivity index (χ4n) is 3.37. The predicted octanol–water partition coefficient (Wildman–Crippen LogP) is 2.29. The lowest BCUT2D eigenvalue weighted by Crippen LogP contribution is -2.40. The van der Waals surface area contributed by atoms with Crippen LogP contribution in [0.1, 0.15) is 28.8 Å². The van der Waals surface area contributed by atoms with Gasteiger partial charge >= 0.3 is 12.1 Å². The van der Waals surface area contributed by atoms with Crippen molar-refractivity contribution in [3.63, 3.8) is 0 Å². The number of Topliss-reactive ketones (excluding diaryl/α,β-unsaturated/α-hetero) is 1. The van der Waals surface area contributed by atoms with Gasteiger partial charge in [-0.25, -0.2) is 13.2 Å². The van der Waals surface area contributed by atoms with Crippen LogP contribution in [0.15, 0.2) is 53.4 Å². The highest BCUT2D eigenvalue weighted by molar-refractivity contribution is 7.89. The van der Waals surface area contributed by atoms with E-state index in [1.54, 1.807) is 24.3 Å². The Kier molecular flexibility index (Phi) is 7.26. The van der Waals surface area contributed by atoms with E-state index in [1.165, 1.54) is 35.7 Å². The first-order valence-corrected chi connectivity index (χ1v) is 11.4. The molecule has 1 N–H and O–H groups in total. The number of ether oxygens (including phenoxy) is 2. The van der Waals surface area contributed by atoms with E-state index in [4.69, 9.17) is 4.74 Å². The molecular weight excluding hydrogens is 436 g/mol. The van der Waals surface area contributed by atoms with Gasteiger partial charge in [0, 0.05) is 12.1 Å². The Bertz CT molecular complexity index is 1100. The number of hydrogen-bond donors (Lipinski definition) is 1. The van der Waals surface area contributed by atoms with E-state index < -0.39 is 28.1 Å². The summed E-state index contributed by atoms with van der Waals surface area (Å²) in [5, 5.41) is 2.23. The third kappa shape index (κ3) is 5.32. The monoisotopic (exact) mass is 460 g/mol. The molecule has 10 heteroatoms. The smallest absolute Gasteiger partial charge is 0.413 e. The van der Waals surface area contributed by atoms with Crippen LogP contribution in [0.25, 0.3) is 0 Å². The number of hydrogen-bond acceptors (Lipinski definition) is 7. The van der Waals surface area contributed by atoms with Gasteiger partial charge in [-0.3, -0.25) is 9.59 Å². The van der Waals surface area contributed by atoms with Gasteiger partial charge in [0.1, 0.15) is 12.3 Å². The van der Waals surface area contributed by atoms with E-state index in [-0.39, 0.29) is 29.5 Å². The van der Waals surface area contributed by atoms with Crippen LogP contribution in [-0.2, 0) is 19.6 Å². The quantitative estimate of drug-likeness (QED) is 0.497. The molecule has 9 nitrogen and oxygen atoms in total. The molecule has 0 radical (unpaired) electrons. The lowest BCUT2D eigenvalue weighted by molar-refractivity contribution is -0.139. The Morgan fingerprint density at radius 1 is 1.06 bits per heavy atom. The molecule has 1 atom stereocenters. The average molecular weight is 461 g/mol. The summed E-state index contributed by atoms with van der Waals surface area (Å²) in [6, 6.07) is 11.5. The van der Waals surface area contributed by atoms with Gasteiger partial charge in [-0.15, -0.1) is 0 Å². The van der Waals surface area contributed by atoms with E-state index in [9.17, 15) is 22.8 Å². The number of amides is 1. The third-order valence-corrected chi connectivity index (χ3v) is 7.01. The Morgan fingerprint density at radius 2 is 1.72 bits per heavy atom. The van der Waals surface area contributed by atoms with Crippen molar-refractivity contribution in [2.24, 2.45) is 0 Å². The van der Waals surface area contributed by atoms with Crippen LogP contribution in [0.5, 0.6) is 5.75 Å². The molecule has 1 saturated heterocycles. The normalized spacial score (nSPS) is 16.4. The second-order valence-electron chi connectivity index (χ2n) is 7.29. The molecule has 170 valence electrons. The lowest BCUT2D eigenvalue weighted by Gasteiger charge is -2.23. The number of benzene rings is 2. The van der Waals surface area contributed by atoms with Crippen molar-refractivity contribution >= 4 is 27.9 Å². The van der Waals surface area contributed by atoms with E-state index in [0.717, 1.165) is 5.56 Å². The van der Waals surface area contributed by atoms with Crippen molar-refractivity contribution in [3.05, 3.63) is 59.7 Å². The summed E-state index contributed by atoms with van der Waals surface area (Å²) >= 11 is 0. The molecule has 1 aliphatic rings. The number of esters is 1. The zero-order valence-corrected chi connectivity index (χ0v) is 18.6. The van der Waals surface area contributed by atoms with Crippen molar-refractivity contribution in [1.29, 1.82) is 0 Å². The number of rotatable bonds is 7. The predicted molar refractivity (Wildman–Crippen MR) is 115 cm³/mol. The molecule has 0 spiro atoms. The molecule has 1 amide bonds. The van der Waals surface area contributed by atoms with Crippen molar-refractivity contribution < 1.29 is 32.3 Å². The Hall–Kier alpha value is -3.24. The SMILES string of the molecule is COC(=O)CNC(=O)Oc1ccc(C(=O)[C@@H]2CCCN2S(=O)(=O)c2ccc(C)cc2)cc1. The highest BCUT2D eigenvalue weighted by Gasteiger charge is 2.39. The fraction of sp³-hybridized carbons (Fsp3) is 0.318. The molecule has 0 unspecified atom stereocenters. The van der Waals surface area contributed by atoms with Gasteiger partial charge in [0.2, 0.25) is 10.0 Å². The van der Waals surface area contributed by atoms with E-state index in [0.29, 0.717) is 18.4 Å². The highest BCUT2D eigenvalue weighted by atomic mass is 32.2. The first-order chi connectivity index (χ1) is 15.2. The summed E-state index contributed by atoms with van der Waals surface area (Å²) in [6.45, 7) is 1.81. The van der Waals surface area contributed by atoms with Crippen LogP contribution in [0.4, 0.5) is 4.79 Å². The molecule has 1 fully saturated rings. The average Bonchev–Trinajstić information content (AvgIpc) is 3.29. The minimum Gasteiger partial charge on any atom is -0.468 e. The van der Waals surface area contributed by atoms with Crippen LogP contribution in [0.2, 0.25) is 0 Å². The van der Waals surface area contributed by atoms with Gasteiger partial charge < -0.3 is 14.8 Å². The van der Waals surface area contributed by atoms with Crippen LogP contribution in [0, 0.1) is 6.92 Å². The highest BCUT2D eigenvalue weighted by Crippen LogP contribution is 2.29. The zero-order valence-electron chi connectivity index (χ0n) is 17.7. The number of sulfonamides is 1. The maximum Gasteiger partial charge on any atom is 0.413 e. The van der Waals surface area contributed by atoms with Crippen molar-refractivity contribution in [3.8, 4) is 5.75 Å². The topological polar surface area (TPSA) is 119 Å². The van der Waals surface area contributed by atoms with Crippen LogP contribution in [-0.4, -0.2) is 56.8 Å². The van der Waals surface area contributed by atoms with Crippen molar-refractivity contribution in [2.75, 3.05) is 20.2 Å². The Labute approximate surface area is 186 Å². The number of nitrogens with zero attached hydrogens (tertiary/aromatic N) is 1. The maximum atomic E-state index is 13.1. The summed E-state index contributed by atoms with van der Waals surface area (Å²) in [5.41, 5.74) is 1.25. The van der Waals surface area contributed by atoms with E-state index >= 15 is 0 Å². The molecule has 0 bridgehead atoms. The third-order valence-electron chi connectivity index (χ3n) is 5.09. The first-order valence-electron chi connectivity index (χ1n) is 9.97. The summed E-state index contributed by atoms with van der Waals surface area (Å²) in [4.78, 5) is 35.9. The fourth-order valence-corrected chi connectivity index (χ4v) is 5.03. The molecule has 32 heavy (non-hydrogen) atoms. The van der Waals surface area contributed by atoms with Gasteiger partial charge in [0.05, 0.1) is 18.0 Å². The molecule has 2 aromatic rings. The second-order valence-corrected chi connectivity index (χ2v) is 9.19. The van der Waals surface area contributed by atoms with Gasteiger partial charge in [-0.1, -0.05) is 17.7 Å². The van der Waals surface area contributed by atoms with Crippen LogP contribution < -0.4 is 10.1 Å². The second kappa shape index (κ2) is 9.92. The number of nitrogens with one attached hydrogen (secondary N) is 1. The molecule has 0 aliphatic carbocycles. The van der Waals surface area contributed by atoms with Crippen LogP contribution >= 0.6 is 0 Å². The van der Waals surface area contributed by atoms with Crippen LogP contribution in [0.3, 0.4) is 0 Å². The number of ketones is 1. The van der Waals surface area contributed by atoms with Crippen molar-refractivity contribution in [2.45, 2.75) is 30.7 Å². The number of aryl methyl sites for hydroxylation is 1. The molecule has 2 aromatic carbocycles. The first kappa shape index (κ1) is 23.4. The number of carbonyl (C=O) groups is 3. The molecule has 1 heterocycles. The summed E-state index contributed by atoms with van der Waals surface area (Å²) in [7, 11) is -2.60. The molecule has 0 aromatic heterocycles. The van der Waals surface area contributed by atoms with Gasteiger partial charge in [-0.2, -0.15) is 4.31 Å². The number of methoxy groups -OCH3 is 1. The van der Waals surface area contributed by atoms with Gasteiger partial charge in [0.25, 0.3) is 0 Å². The standard InChI is InChI=1S/C22H24N2O7S/c1-15-5-11-18(12-6-15)32(28,29)24-13-3-4-19(24)21(26)16-7-9-17(10-8-16)31-22(27)23-14-20(25)30-2/h5-12,19H,3-4,13-14H2,1-2H3,(H,23,27)/t19-/m0/s1. The minimum atomic E-state index is -3.80. The van der Waals surface area contributed by atoms with Crippen molar-refractivity contribution in [1.82, 2.24) is 9.62 Å².